The molecule has 0 spiro atoms. The van der Waals surface area contributed by atoms with Crippen molar-refractivity contribution in [1.29, 1.82) is 0 Å². The number of hydrogen-bond acceptors (Lipinski definition) is 7. The molecule has 2 N–H and O–H groups in total. The quantitative estimate of drug-likeness (QED) is 0.820. The van der Waals surface area contributed by atoms with Gasteiger partial charge in [-0.3, -0.25) is 4.79 Å². The molecule has 2 aromatic rings. The number of esters is 1. The van der Waals surface area contributed by atoms with Crippen molar-refractivity contribution in [3.05, 3.63) is 22.6 Å². The van der Waals surface area contributed by atoms with Gasteiger partial charge in [-0.1, -0.05) is 0 Å². The number of nitrogens with two attached hydrogens (primary N) is 1. The van der Waals surface area contributed by atoms with Crippen LogP contribution in [-0.2, 0) is 16.1 Å². The number of aromatic nitrogens is 5. The van der Waals surface area contributed by atoms with Crippen LogP contribution in [0, 0.1) is 0 Å². The van der Waals surface area contributed by atoms with Crippen molar-refractivity contribution in [2.75, 3.05) is 5.73 Å². The van der Waals surface area contributed by atoms with E-state index in [0.717, 1.165) is 4.47 Å². The first kappa shape index (κ1) is 12.4. The fourth-order valence-electron chi connectivity index (χ4n) is 1.26. The molecular formula is C9H9BrN6O2. The summed E-state index contributed by atoms with van der Waals surface area (Å²) in [5.41, 5.74) is 6.26. The van der Waals surface area contributed by atoms with Gasteiger partial charge in [-0.05, 0) is 32.4 Å². The Morgan fingerprint density at radius 3 is 3.11 bits per heavy atom. The standard InChI is InChI=1S/C9H9BrN6O2/c1-5(17)18-4-8-13-14-15-16(8)7-2-6(10)3-12-9(7)11/h2-3H,4H2,1H3,(H2,11,12). The van der Waals surface area contributed by atoms with E-state index in [1.54, 1.807) is 12.3 Å². The summed E-state index contributed by atoms with van der Waals surface area (Å²) in [6.07, 6.45) is 1.56. The summed E-state index contributed by atoms with van der Waals surface area (Å²) in [6, 6.07) is 1.72. The van der Waals surface area contributed by atoms with Gasteiger partial charge in [0.05, 0.1) is 0 Å². The maximum absolute atomic E-state index is 10.8. The molecule has 0 fully saturated rings. The van der Waals surface area contributed by atoms with Crippen LogP contribution in [0.25, 0.3) is 5.69 Å². The van der Waals surface area contributed by atoms with Crippen LogP contribution < -0.4 is 5.73 Å². The van der Waals surface area contributed by atoms with Crippen LogP contribution in [0.3, 0.4) is 0 Å². The number of ether oxygens (including phenoxy) is 1. The summed E-state index contributed by atoms with van der Waals surface area (Å²) in [5, 5.41) is 11.1. The number of nitrogen functional groups attached to an aromatic ring is 1. The van der Waals surface area contributed by atoms with Gasteiger partial charge in [-0.25, -0.2) is 4.98 Å². The van der Waals surface area contributed by atoms with Crippen molar-refractivity contribution in [1.82, 2.24) is 25.2 Å². The number of carbonyl (C=O) groups is 1. The molecule has 2 heterocycles. The van der Waals surface area contributed by atoms with Crippen LogP contribution in [0.5, 0.6) is 0 Å². The van der Waals surface area contributed by atoms with Crippen LogP contribution >= 0.6 is 15.9 Å². The maximum Gasteiger partial charge on any atom is 0.303 e. The van der Waals surface area contributed by atoms with Gasteiger partial charge in [0.1, 0.15) is 11.5 Å². The number of pyridine rings is 1. The van der Waals surface area contributed by atoms with Crippen molar-refractivity contribution in [3.63, 3.8) is 0 Å². The predicted octanol–water partition coefficient (Wildman–Crippen LogP) is 0.465. The number of nitrogens with zero attached hydrogens (tertiary/aromatic N) is 5. The fourth-order valence-corrected chi connectivity index (χ4v) is 1.58. The molecule has 9 heteroatoms. The molecule has 0 bridgehead atoms. The summed E-state index contributed by atoms with van der Waals surface area (Å²) in [6.45, 7) is 1.28. The Bertz CT molecular complexity index is 584. The average Bonchev–Trinajstić information content (AvgIpc) is 2.77. The highest BCUT2D eigenvalue weighted by molar-refractivity contribution is 9.10. The normalized spacial score (nSPS) is 10.3. The third-order valence-electron chi connectivity index (χ3n) is 2.03. The van der Waals surface area contributed by atoms with Crippen LogP contribution in [-0.4, -0.2) is 31.2 Å². The van der Waals surface area contributed by atoms with Gasteiger partial charge in [0, 0.05) is 17.6 Å². The van der Waals surface area contributed by atoms with Crippen molar-refractivity contribution >= 4 is 27.7 Å². The second-order valence-corrected chi connectivity index (χ2v) is 4.26. The monoisotopic (exact) mass is 312 g/mol. The third kappa shape index (κ3) is 2.62. The molecule has 0 aliphatic heterocycles. The summed E-state index contributed by atoms with van der Waals surface area (Å²) in [4.78, 5) is 14.7. The smallest absolute Gasteiger partial charge is 0.303 e. The Balaban J connectivity index is 2.36. The van der Waals surface area contributed by atoms with Crippen LogP contribution in [0.15, 0.2) is 16.7 Å². The number of hydrogen-bond donors (Lipinski definition) is 1. The van der Waals surface area contributed by atoms with Crippen molar-refractivity contribution in [2.45, 2.75) is 13.5 Å². The summed E-state index contributed by atoms with van der Waals surface area (Å²) in [5.74, 6) is 0.219. The predicted molar refractivity (Wildman–Crippen MR) is 64.5 cm³/mol. The number of halogens is 1. The average molecular weight is 313 g/mol. The highest BCUT2D eigenvalue weighted by Crippen LogP contribution is 2.19. The van der Waals surface area contributed by atoms with Crippen molar-refractivity contribution < 1.29 is 9.53 Å². The molecule has 0 amide bonds. The first-order valence-electron chi connectivity index (χ1n) is 4.90. The van der Waals surface area contributed by atoms with Gasteiger partial charge < -0.3 is 10.5 Å². The minimum absolute atomic E-state index is 0.0334. The zero-order chi connectivity index (χ0) is 13.1. The van der Waals surface area contributed by atoms with Crippen molar-refractivity contribution in [3.8, 4) is 5.69 Å². The molecule has 0 aliphatic rings. The lowest BCUT2D eigenvalue weighted by Crippen LogP contribution is -2.10. The number of tetrazole rings is 1. The highest BCUT2D eigenvalue weighted by atomic mass is 79.9. The SMILES string of the molecule is CC(=O)OCc1nnnn1-c1cc(Br)cnc1N. The molecule has 0 aromatic carbocycles. The van der Waals surface area contributed by atoms with Crippen LogP contribution in [0.2, 0.25) is 0 Å². The second kappa shape index (κ2) is 5.08. The van der Waals surface area contributed by atoms with E-state index < -0.39 is 5.97 Å². The van der Waals surface area contributed by atoms with E-state index in [2.05, 4.69) is 36.4 Å². The molecule has 8 nitrogen and oxygen atoms in total. The lowest BCUT2D eigenvalue weighted by molar-refractivity contribution is -0.142. The van der Waals surface area contributed by atoms with Crippen LogP contribution in [0.1, 0.15) is 12.7 Å². The molecule has 0 unspecified atom stereocenters. The van der Waals surface area contributed by atoms with E-state index >= 15 is 0 Å². The second-order valence-electron chi connectivity index (χ2n) is 3.35. The summed E-state index contributed by atoms with van der Waals surface area (Å²) < 4.78 is 6.95. The molecule has 2 aromatic heterocycles. The zero-order valence-electron chi connectivity index (χ0n) is 9.37. The molecular weight excluding hydrogens is 304 g/mol. The van der Waals surface area contributed by atoms with Crippen LogP contribution in [0.4, 0.5) is 5.82 Å². The summed E-state index contributed by atoms with van der Waals surface area (Å²) >= 11 is 3.28. The Kier molecular flexibility index (Phi) is 3.51. The first-order valence-corrected chi connectivity index (χ1v) is 5.69. The molecule has 18 heavy (non-hydrogen) atoms. The van der Waals surface area contributed by atoms with Gasteiger partial charge >= 0.3 is 5.97 Å². The first-order chi connectivity index (χ1) is 8.58. The lowest BCUT2D eigenvalue weighted by atomic mass is 10.4. The Morgan fingerprint density at radius 2 is 2.39 bits per heavy atom. The molecule has 94 valence electrons. The van der Waals surface area contributed by atoms with Gasteiger partial charge in [-0.2, -0.15) is 4.68 Å². The fraction of sp³-hybridized carbons (Fsp3) is 0.222. The van der Waals surface area contributed by atoms with Gasteiger partial charge in [0.25, 0.3) is 0 Å². The molecule has 0 atom stereocenters. The van der Waals surface area contributed by atoms with Crippen molar-refractivity contribution in [2.24, 2.45) is 0 Å². The summed E-state index contributed by atoms with van der Waals surface area (Å²) in [7, 11) is 0. The van der Waals surface area contributed by atoms with E-state index in [-0.39, 0.29) is 12.4 Å². The highest BCUT2D eigenvalue weighted by Gasteiger charge is 2.13. The maximum atomic E-state index is 10.8. The minimum atomic E-state index is -0.412. The van der Waals surface area contributed by atoms with E-state index in [0.29, 0.717) is 11.5 Å². The topological polar surface area (TPSA) is 109 Å². The minimum Gasteiger partial charge on any atom is -0.458 e. The lowest BCUT2D eigenvalue weighted by Gasteiger charge is -2.07. The molecule has 2 rings (SSSR count). The molecule has 0 saturated heterocycles. The number of rotatable bonds is 3. The van der Waals surface area contributed by atoms with Gasteiger partial charge in [-0.15, -0.1) is 5.10 Å². The zero-order valence-corrected chi connectivity index (χ0v) is 11.0. The van der Waals surface area contributed by atoms with Gasteiger partial charge in [0.2, 0.25) is 0 Å². The van der Waals surface area contributed by atoms with E-state index in [4.69, 9.17) is 10.5 Å². The molecule has 0 aliphatic carbocycles. The molecule has 0 saturated carbocycles. The Hall–Kier alpha value is -2.03. The third-order valence-corrected chi connectivity index (χ3v) is 2.46. The molecule has 0 radical (unpaired) electrons. The largest absolute Gasteiger partial charge is 0.458 e. The Labute approximate surface area is 110 Å². The number of carbonyl (C=O) groups excluding carboxylic acids is 1. The number of anilines is 1. The van der Waals surface area contributed by atoms with E-state index in [9.17, 15) is 4.79 Å². The Morgan fingerprint density at radius 1 is 1.61 bits per heavy atom. The van der Waals surface area contributed by atoms with E-state index in [1.165, 1.54) is 11.6 Å². The van der Waals surface area contributed by atoms with E-state index in [1.807, 2.05) is 0 Å². The van der Waals surface area contributed by atoms with Gasteiger partial charge in [0.15, 0.2) is 12.4 Å².